The Morgan fingerprint density at radius 2 is 2.03 bits per heavy atom. The van der Waals surface area contributed by atoms with E-state index in [9.17, 15) is 4.79 Å². The van der Waals surface area contributed by atoms with Crippen LogP contribution >= 0.6 is 11.3 Å². The van der Waals surface area contributed by atoms with Crippen molar-refractivity contribution in [3.05, 3.63) is 59.4 Å². The Morgan fingerprint density at radius 3 is 2.82 bits per heavy atom. The fourth-order valence-electron chi connectivity index (χ4n) is 3.86. The van der Waals surface area contributed by atoms with Gasteiger partial charge >= 0.3 is 0 Å². The van der Waals surface area contributed by atoms with Gasteiger partial charge in [0.1, 0.15) is 11.3 Å². The molecule has 0 atom stereocenters. The summed E-state index contributed by atoms with van der Waals surface area (Å²) in [4.78, 5) is 20.2. The lowest BCUT2D eigenvalue weighted by Crippen LogP contribution is -2.34. The molecule has 2 aromatic carbocycles. The van der Waals surface area contributed by atoms with Crippen molar-refractivity contribution in [2.45, 2.75) is 27.3 Å². The minimum Gasteiger partial charge on any atom is -0.492 e. The summed E-state index contributed by atoms with van der Waals surface area (Å²) in [6.07, 6.45) is 0. The number of aromatic nitrogens is 3. The average Bonchev–Trinajstić information content (AvgIpc) is 3.52. The van der Waals surface area contributed by atoms with Crippen LogP contribution in [0.4, 0.5) is 5.13 Å². The number of fused-ring (bicyclic) bond motifs is 2. The fourth-order valence-corrected chi connectivity index (χ4v) is 4.87. The summed E-state index contributed by atoms with van der Waals surface area (Å²) in [5.41, 5.74) is 3.26. The highest BCUT2D eigenvalue weighted by Crippen LogP contribution is 2.36. The molecule has 1 amide bonds. The number of rotatable bonds is 7. The summed E-state index contributed by atoms with van der Waals surface area (Å²) in [6, 6.07) is 13.1. The Morgan fingerprint density at radius 1 is 1.18 bits per heavy atom. The molecule has 170 valence electrons. The van der Waals surface area contributed by atoms with Gasteiger partial charge in [0, 0.05) is 17.8 Å². The monoisotopic (exact) mass is 464 g/mol. The predicted octanol–water partition coefficient (Wildman–Crippen LogP) is 4.58. The van der Waals surface area contributed by atoms with Gasteiger partial charge in [0.2, 0.25) is 6.79 Å². The first-order valence-corrected chi connectivity index (χ1v) is 11.6. The molecule has 9 heteroatoms. The number of aryl methyl sites for hydroxylation is 2. The quantitative estimate of drug-likeness (QED) is 0.398. The van der Waals surface area contributed by atoms with E-state index >= 15 is 0 Å². The molecule has 33 heavy (non-hydrogen) atoms. The van der Waals surface area contributed by atoms with E-state index in [1.54, 1.807) is 23.1 Å². The van der Waals surface area contributed by atoms with Crippen molar-refractivity contribution < 1.29 is 19.0 Å². The number of anilines is 1. The second-order valence-electron chi connectivity index (χ2n) is 7.71. The zero-order valence-corrected chi connectivity index (χ0v) is 19.5. The van der Waals surface area contributed by atoms with Crippen LogP contribution in [0.1, 0.15) is 28.7 Å². The SMILES string of the molecule is CCOc1cccc2sc(N(CCn3nc(C)cc3C)C(=O)c3ccc4c(c3)OCO4)nc12. The Kier molecular flexibility index (Phi) is 5.63. The van der Waals surface area contributed by atoms with E-state index in [1.807, 2.05) is 49.7 Å². The van der Waals surface area contributed by atoms with Gasteiger partial charge in [-0.2, -0.15) is 5.10 Å². The lowest BCUT2D eigenvalue weighted by Gasteiger charge is -2.20. The van der Waals surface area contributed by atoms with Crippen molar-refractivity contribution in [2.24, 2.45) is 0 Å². The van der Waals surface area contributed by atoms with E-state index in [-0.39, 0.29) is 12.7 Å². The number of benzene rings is 2. The van der Waals surface area contributed by atoms with Gasteiger partial charge in [-0.15, -0.1) is 0 Å². The lowest BCUT2D eigenvalue weighted by molar-refractivity contribution is 0.0985. The maximum Gasteiger partial charge on any atom is 0.260 e. The molecule has 4 aromatic rings. The largest absolute Gasteiger partial charge is 0.492 e. The van der Waals surface area contributed by atoms with Crippen LogP contribution in [0.5, 0.6) is 17.2 Å². The number of amides is 1. The number of para-hydroxylation sites is 1. The normalized spacial score (nSPS) is 12.3. The molecule has 8 nitrogen and oxygen atoms in total. The molecule has 0 saturated carbocycles. The summed E-state index contributed by atoms with van der Waals surface area (Å²) in [6.45, 7) is 7.58. The van der Waals surface area contributed by atoms with E-state index < -0.39 is 0 Å². The molecule has 2 aromatic heterocycles. The van der Waals surface area contributed by atoms with Crippen molar-refractivity contribution in [3.63, 3.8) is 0 Å². The Balaban J connectivity index is 1.52. The van der Waals surface area contributed by atoms with Crippen LogP contribution in [0.2, 0.25) is 0 Å². The second kappa shape index (κ2) is 8.74. The average molecular weight is 465 g/mol. The number of hydrogen-bond donors (Lipinski definition) is 0. The van der Waals surface area contributed by atoms with Crippen LogP contribution < -0.4 is 19.1 Å². The fraction of sp³-hybridized carbons (Fsp3) is 0.292. The summed E-state index contributed by atoms with van der Waals surface area (Å²) in [7, 11) is 0. The molecule has 0 saturated heterocycles. The van der Waals surface area contributed by atoms with Crippen LogP contribution in [-0.2, 0) is 6.54 Å². The van der Waals surface area contributed by atoms with Crippen LogP contribution in [0, 0.1) is 13.8 Å². The minimum absolute atomic E-state index is 0.159. The third-order valence-electron chi connectivity index (χ3n) is 5.40. The number of nitrogens with zero attached hydrogens (tertiary/aromatic N) is 4. The summed E-state index contributed by atoms with van der Waals surface area (Å²) >= 11 is 1.47. The Hall–Kier alpha value is -3.59. The second-order valence-corrected chi connectivity index (χ2v) is 8.72. The van der Waals surface area contributed by atoms with E-state index in [1.165, 1.54) is 11.3 Å². The van der Waals surface area contributed by atoms with E-state index in [2.05, 4.69) is 5.10 Å². The van der Waals surface area contributed by atoms with Crippen LogP contribution in [0.25, 0.3) is 10.2 Å². The molecular formula is C24H24N4O4S. The van der Waals surface area contributed by atoms with Crippen molar-refractivity contribution >= 4 is 32.6 Å². The molecule has 0 spiro atoms. The molecule has 0 bridgehead atoms. The van der Waals surface area contributed by atoms with Gasteiger partial charge in [-0.05, 0) is 57.2 Å². The predicted molar refractivity (Wildman–Crippen MR) is 127 cm³/mol. The lowest BCUT2D eigenvalue weighted by atomic mass is 10.2. The first kappa shape index (κ1) is 21.3. The first-order chi connectivity index (χ1) is 16.0. The van der Waals surface area contributed by atoms with Crippen molar-refractivity contribution in [1.29, 1.82) is 0 Å². The Bertz CT molecular complexity index is 1330. The number of carbonyl (C=O) groups is 1. The van der Waals surface area contributed by atoms with E-state index in [4.69, 9.17) is 19.2 Å². The number of hydrogen-bond acceptors (Lipinski definition) is 7. The van der Waals surface area contributed by atoms with Crippen molar-refractivity contribution in [1.82, 2.24) is 14.8 Å². The molecule has 0 fully saturated rings. The van der Waals surface area contributed by atoms with Gasteiger partial charge in [0.15, 0.2) is 16.6 Å². The maximum absolute atomic E-state index is 13.7. The number of thiazole rings is 1. The molecule has 5 rings (SSSR count). The molecule has 0 unspecified atom stereocenters. The van der Waals surface area contributed by atoms with Gasteiger partial charge in [0.05, 0.1) is 23.5 Å². The molecule has 0 radical (unpaired) electrons. The van der Waals surface area contributed by atoms with Gasteiger partial charge in [0.25, 0.3) is 5.91 Å². The smallest absolute Gasteiger partial charge is 0.260 e. The van der Waals surface area contributed by atoms with Crippen LogP contribution in [0.3, 0.4) is 0 Å². The molecule has 0 aliphatic carbocycles. The number of ether oxygens (including phenoxy) is 3. The summed E-state index contributed by atoms with van der Waals surface area (Å²) < 4.78 is 19.5. The molecular weight excluding hydrogens is 440 g/mol. The third kappa shape index (κ3) is 4.11. The first-order valence-electron chi connectivity index (χ1n) is 10.8. The van der Waals surface area contributed by atoms with Gasteiger partial charge in [-0.1, -0.05) is 17.4 Å². The topological polar surface area (TPSA) is 78.7 Å². The van der Waals surface area contributed by atoms with Crippen LogP contribution in [-0.4, -0.2) is 40.6 Å². The highest BCUT2D eigenvalue weighted by molar-refractivity contribution is 7.22. The third-order valence-corrected chi connectivity index (χ3v) is 6.45. The van der Waals surface area contributed by atoms with Crippen molar-refractivity contribution in [3.8, 4) is 17.2 Å². The van der Waals surface area contributed by atoms with Crippen molar-refractivity contribution in [2.75, 3.05) is 24.8 Å². The van der Waals surface area contributed by atoms with Gasteiger partial charge in [-0.25, -0.2) is 4.98 Å². The number of carbonyl (C=O) groups excluding carboxylic acids is 1. The van der Waals surface area contributed by atoms with E-state index in [0.29, 0.717) is 47.6 Å². The zero-order chi connectivity index (χ0) is 22.9. The maximum atomic E-state index is 13.7. The highest BCUT2D eigenvalue weighted by Gasteiger charge is 2.25. The van der Waals surface area contributed by atoms with Crippen LogP contribution in [0.15, 0.2) is 42.5 Å². The van der Waals surface area contributed by atoms with E-state index in [0.717, 1.165) is 21.6 Å². The highest BCUT2D eigenvalue weighted by atomic mass is 32.1. The minimum atomic E-state index is -0.160. The zero-order valence-electron chi connectivity index (χ0n) is 18.7. The summed E-state index contributed by atoms with van der Waals surface area (Å²) in [5, 5.41) is 5.15. The van der Waals surface area contributed by atoms with Gasteiger partial charge in [-0.3, -0.25) is 14.4 Å². The molecule has 0 N–H and O–H groups in total. The Labute approximate surface area is 195 Å². The molecule has 3 heterocycles. The summed E-state index contributed by atoms with van der Waals surface area (Å²) in [5.74, 6) is 1.77. The van der Waals surface area contributed by atoms with Gasteiger partial charge < -0.3 is 14.2 Å². The molecule has 1 aliphatic rings. The standard InChI is InChI=1S/C24H24N4O4S/c1-4-30-19-6-5-7-21-22(19)25-24(33-21)27(10-11-28-16(3)12-15(2)26-28)23(29)17-8-9-18-20(13-17)32-14-31-18/h5-9,12-13H,4,10-11,14H2,1-3H3. The molecule has 1 aliphatic heterocycles.